The van der Waals surface area contributed by atoms with Crippen LogP contribution in [-0.2, 0) is 6.61 Å². The third kappa shape index (κ3) is 4.28. The van der Waals surface area contributed by atoms with E-state index in [1.165, 1.54) is 6.07 Å². The van der Waals surface area contributed by atoms with Crippen LogP contribution in [0.5, 0.6) is 5.75 Å². The van der Waals surface area contributed by atoms with E-state index in [2.05, 4.69) is 16.5 Å². The van der Waals surface area contributed by atoms with Crippen LogP contribution in [0.3, 0.4) is 0 Å². The molecular weight excluding hydrogens is 330 g/mol. The normalized spacial score (nSPS) is 11.4. The molecule has 0 aliphatic heterocycles. The van der Waals surface area contributed by atoms with Crippen LogP contribution in [0, 0.1) is 18.3 Å². The molecule has 6 nitrogen and oxygen atoms in total. The van der Waals surface area contributed by atoms with E-state index in [0.29, 0.717) is 23.7 Å². The lowest BCUT2D eigenvalue weighted by molar-refractivity contribution is 0.0936. The zero-order valence-corrected chi connectivity index (χ0v) is 14.2. The molecule has 0 bridgehead atoms. The van der Waals surface area contributed by atoms with Crippen LogP contribution in [0.2, 0.25) is 0 Å². The highest BCUT2D eigenvalue weighted by Crippen LogP contribution is 2.19. The van der Waals surface area contributed by atoms with Gasteiger partial charge in [-0.3, -0.25) is 4.79 Å². The molecule has 0 aliphatic rings. The number of nitriles is 1. The van der Waals surface area contributed by atoms with Crippen molar-refractivity contribution < 1.29 is 14.1 Å². The Bertz CT molecular complexity index is 911. The number of rotatable bonds is 6. The molecule has 0 spiro atoms. The highest BCUT2D eigenvalue weighted by molar-refractivity contribution is 5.92. The van der Waals surface area contributed by atoms with E-state index in [0.717, 1.165) is 5.56 Å². The molecule has 1 amide bonds. The first-order valence-electron chi connectivity index (χ1n) is 8.06. The zero-order valence-electron chi connectivity index (χ0n) is 14.2. The molecule has 1 heterocycles. The Morgan fingerprint density at radius 3 is 2.58 bits per heavy atom. The van der Waals surface area contributed by atoms with Gasteiger partial charge in [0.2, 0.25) is 0 Å². The number of hydrogen-bond acceptors (Lipinski definition) is 5. The largest absolute Gasteiger partial charge is 0.489 e. The van der Waals surface area contributed by atoms with Crippen LogP contribution in [0.15, 0.2) is 65.2 Å². The number of ether oxygens (including phenoxy) is 1. The van der Waals surface area contributed by atoms with E-state index in [-0.39, 0.29) is 5.69 Å². The fraction of sp³-hybridized carbons (Fsp3) is 0.150. The van der Waals surface area contributed by atoms with Gasteiger partial charge in [-0.25, -0.2) is 0 Å². The summed E-state index contributed by atoms with van der Waals surface area (Å²) >= 11 is 0. The molecule has 1 atom stereocenters. The van der Waals surface area contributed by atoms with Crippen molar-refractivity contribution in [1.82, 2.24) is 10.5 Å². The maximum Gasteiger partial charge on any atom is 0.274 e. The average molecular weight is 347 g/mol. The van der Waals surface area contributed by atoms with E-state index in [9.17, 15) is 10.1 Å². The summed E-state index contributed by atoms with van der Waals surface area (Å²) in [7, 11) is 0. The Labute approximate surface area is 151 Å². The number of carbonyl (C=O) groups is 1. The van der Waals surface area contributed by atoms with Crippen molar-refractivity contribution >= 4 is 5.91 Å². The van der Waals surface area contributed by atoms with Crippen molar-refractivity contribution in [1.29, 1.82) is 5.26 Å². The molecule has 0 unspecified atom stereocenters. The highest BCUT2D eigenvalue weighted by Gasteiger charge is 2.17. The predicted molar refractivity (Wildman–Crippen MR) is 94.3 cm³/mol. The monoisotopic (exact) mass is 347 g/mol. The molecule has 3 rings (SSSR count). The van der Waals surface area contributed by atoms with Gasteiger partial charge in [0.05, 0.1) is 6.07 Å². The van der Waals surface area contributed by atoms with Crippen molar-refractivity contribution in [3.05, 3.63) is 83.2 Å². The minimum Gasteiger partial charge on any atom is -0.489 e. The molecular formula is C20H17N3O3. The standard InChI is InChI=1S/C20H17N3O3/c1-14-11-18(23-26-14)20(24)22-19(12-21)16-7-9-17(10-8-16)25-13-15-5-3-2-4-6-15/h2-11,19H,13H2,1H3,(H,22,24)/t19-/m1/s1. The minimum atomic E-state index is -0.789. The predicted octanol–water partition coefficient (Wildman–Crippen LogP) is 3.56. The number of aromatic nitrogens is 1. The van der Waals surface area contributed by atoms with E-state index >= 15 is 0 Å². The summed E-state index contributed by atoms with van der Waals surface area (Å²) in [6.45, 7) is 2.16. The number of nitrogens with one attached hydrogen (secondary N) is 1. The van der Waals surface area contributed by atoms with Gasteiger partial charge in [0.1, 0.15) is 24.2 Å². The Morgan fingerprint density at radius 1 is 1.23 bits per heavy atom. The van der Waals surface area contributed by atoms with Crippen LogP contribution < -0.4 is 10.1 Å². The lowest BCUT2D eigenvalue weighted by Gasteiger charge is -2.12. The maximum atomic E-state index is 12.1. The molecule has 0 saturated heterocycles. The molecule has 0 radical (unpaired) electrons. The van der Waals surface area contributed by atoms with Gasteiger partial charge in [0.25, 0.3) is 5.91 Å². The smallest absolute Gasteiger partial charge is 0.274 e. The Balaban J connectivity index is 1.62. The van der Waals surface area contributed by atoms with Crippen LogP contribution in [0.4, 0.5) is 0 Å². The van der Waals surface area contributed by atoms with Crippen molar-refractivity contribution in [2.75, 3.05) is 0 Å². The van der Waals surface area contributed by atoms with Gasteiger partial charge in [0.15, 0.2) is 5.69 Å². The van der Waals surface area contributed by atoms with Gasteiger partial charge in [-0.1, -0.05) is 47.6 Å². The first kappa shape index (κ1) is 17.2. The van der Waals surface area contributed by atoms with Gasteiger partial charge in [-0.2, -0.15) is 5.26 Å². The summed E-state index contributed by atoms with van der Waals surface area (Å²) in [6.07, 6.45) is 0. The number of carbonyl (C=O) groups excluding carboxylic acids is 1. The lowest BCUT2D eigenvalue weighted by atomic mass is 10.1. The molecule has 0 fully saturated rings. The second-order valence-electron chi connectivity index (χ2n) is 5.70. The molecule has 6 heteroatoms. The van der Waals surface area contributed by atoms with Crippen LogP contribution in [-0.4, -0.2) is 11.1 Å². The maximum absolute atomic E-state index is 12.1. The van der Waals surface area contributed by atoms with Gasteiger partial charge in [-0.15, -0.1) is 0 Å². The lowest BCUT2D eigenvalue weighted by Crippen LogP contribution is -2.27. The number of benzene rings is 2. The summed E-state index contributed by atoms with van der Waals surface area (Å²) in [6, 6.07) is 19.7. The van der Waals surface area contributed by atoms with Crippen molar-refractivity contribution in [2.45, 2.75) is 19.6 Å². The van der Waals surface area contributed by atoms with Crippen molar-refractivity contribution in [3.63, 3.8) is 0 Å². The summed E-state index contributed by atoms with van der Waals surface area (Å²) in [4.78, 5) is 12.1. The van der Waals surface area contributed by atoms with Crippen molar-refractivity contribution in [3.8, 4) is 11.8 Å². The minimum absolute atomic E-state index is 0.144. The van der Waals surface area contributed by atoms with Crippen LogP contribution >= 0.6 is 0 Å². The third-order valence-electron chi connectivity index (χ3n) is 3.73. The molecule has 3 aromatic rings. The molecule has 1 N–H and O–H groups in total. The summed E-state index contributed by atoms with van der Waals surface area (Å²) < 4.78 is 10.6. The molecule has 1 aromatic heterocycles. The average Bonchev–Trinajstić information content (AvgIpc) is 3.12. The van der Waals surface area contributed by atoms with Crippen molar-refractivity contribution in [2.24, 2.45) is 0 Å². The highest BCUT2D eigenvalue weighted by atomic mass is 16.5. The fourth-order valence-electron chi connectivity index (χ4n) is 2.37. The number of aryl methyl sites for hydroxylation is 1. The Kier molecular flexibility index (Phi) is 5.30. The molecule has 0 aliphatic carbocycles. The number of amides is 1. The topological polar surface area (TPSA) is 88.2 Å². The Hall–Kier alpha value is -3.59. The second-order valence-corrected chi connectivity index (χ2v) is 5.70. The summed E-state index contributed by atoms with van der Waals surface area (Å²) in [5.74, 6) is 0.758. The van der Waals surface area contributed by atoms with Gasteiger partial charge >= 0.3 is 0 Å². The van der Waals surface area contributed by atoms with Crippen LogP contribution in [0.25, 0.3) is 0 Å². The first-order valence-corrected chi connectivity index (χ1v) is 8.06. The molecule has 130 valence electrons. The van der Waals surface area contributed by atoms with Gasteiger partial charge in [0, 0.05) is 6.07 Å². The van der Waals surface area contributed by atoms with E-state index in [1.807, 2.05) is 30.3 Å². The van der Waals surface area contributed by atoms with E-state index in [1.54, 1.807) is 31.2 Å². The summed E-state index contributed by atoms with van der Waals surface area (Å²) in [5.41, 5.74) is 1.88. The number of hydrogen-bond donors (Lipinski definition) is 1. The van der Waals surface area contributed by atoms with Crippen LogP contribution in [0.1, 0.15) is 33.4 Å². The third-order valence-corrected chi connectivity index (χ3v) is 3.73. The Morgan fingerprint density at radius 2 is 1.96 bits per heavy atom. The van der Waals surface area contributed by atoms with E-state index < -0.39 is 11.9 Å². The molecule has 0 saturated carbocycles. The second kappa shape index (κ2) is 7.99. The summed E-state index contributed by atoms with van der Waals surface area (Å²) in [5, 5.41) is 15.6. The molecule has 26 heavy (non-hydrogen) atoms. The quantitative estimate of drug-likeness (QED) is 0.736. The number of nitrogens with zero attached hydrogens (tertiary/aromatic N) is 2. The fourth-order valence-corrected chi connectivity index (χ4v) is 2.37. The van der Waals surface area contributed by atoms with E-state index in [4.69, 9.17) is 9.26 Å². The zero-order chi connectivity index (χ0) is 18.4. The van der Waals surface area contributed by atoms with Gasteiger partial charge in [-0.05, 0) is 30.2 Å². The first-order chi connectivity index (χ1) is 12.7. The SMILES string of the molecule is Cc1cc(C(=O)N[C@H](C#N)c2ccc(OCc3ccccc3)cc2)no1. The van der Waals surface area contributed by atoms with Gasteiger partial charge < -0.3 is 14.6 Å². The molecule has 2 aromatic carbocycles.